The number of rotatable bonds is 10. The highest BCUT2D eigenvalue weighted by Crippen LogP contribution is 2.26. The molecule has 1 aromatic heterocycles. The van der Waals surface area contributed by atoms with Crippen molar-refractivity contribution in [2.24, 2.45) is 5.92 Å². The molecule has 0 bridgehead atoms. The van der Waals surface area contributed by atoms with Crippen LogP contribution >= 0.6 is 0 Å². The smallest absolute Gasteiger partial charge is 0.431 e. The topological polar surface area (TPSA) is 141 Å². The Balaban J connectivity index is 1.48. The minimum absolute atomic E-state index is 0.0336. The average Bonchev–Trinajstić information content (AvgIpc) is 2.84. The lowest BCUT2D eigenvalue weighted by atomic mass is 9.87. The van der Waals surface area contributed by atoms with E-state index in [2.05, 4.69) is 10.3 Å². The highest BCUT2D eigenvalue weighted by Gasteiger charge is 2.20. The van der Waals surface area contributed by atoms with Crippen molar-refractivity contribution >= 4 is 28.0 Å². The first-order valence-corrected chi connectivity index (χ1v) is 13.9. The van der Waals surface area contributed by atoms with Crippen molar-refractivity contribution in [1.29, 1.82) is 0 Å². The van der Waals surface area contributed by atoms with Gasteiger partial charge in [-0.3, -0.25) is 9.59 Å². The van der Waals surface area contributed by atoms with E-state index < -0.39 is 22.1 Å². The van der Waals surface area contributed by atoms with Gasteiger partial charge in [0.2, 0.25) is 11.8 Å². The maximum atomic E-state index is 12.6. The number of ether oxygens (including phenoxy) is 2. The summed E-state index contributed by atoms with van der Waals surface area (Å²) in [6, 6.07) is 8.65. The number of hydrogen-bond donors (Lipinski definition) is 2. The Morgan fingerprint density at radius 2 is 1.73 bits per heavy atom. The van der Waals surface area contributed by atoms with Gasteiger partial charge in [-0.1, -0.05) is 31.4 Å². The largest absolute Gasteiger partial charge is 0.515 e. The second kappa shape index (κ2) is 13.2. The molecular formula is C26H33N3O7S. The fraction of sp³-hybridized carbons (Fsp3) is 0.462. The zero-order chi connectivity index (χ0) is 26.8. The summed E-state index contributed by atoms with van der Waals surface area (Å²) in [7, 11) is -4.12. The quantitative estimate of drug-likeness (QED) is 0.442. The number of amides is 2. The first-order valence-electron chi connectivity index (χ1n) is 12.4. The molecule has 0 radical (unpaired) electrons. The molecule has 2 amide bonds. The molecule has 0 unspecified atom stereocenters. The Hall–Kier alpha value is -3.47. The van der Waals surface area contributed by atoms with Gasteiger partial charge in [0.25, 0.3) is 15.9 Å². The number of aromatic nitrogens is 1. The summed E-state index contributed by atoms with van der Waals surface area (Å²) in [5.41, 5.74) is 0.827. The lowest BCUT2D eigenvalue weighted by Gasteiger charge is -2.20. The summed E-state index contributed by atoms with van der Waals surface area (Å²) in [5, 5.41) is 2.94. The molecule has 0 saturated heterocycles. The van der Waals surface area contributed by atoms with Crippen LogP contribution in [0.1, 0.15) is 68.3 Å². The van der Waals surface area contributed by atoms with Crippen molar-refractivity contribution in [3.05, 3.63) is 53.7 Å². The molecule has 1 heterocycles. The molecule has 1 aliphatic carbocycles. The molecule has 2 N–H and O–H groups in total. The second-order valence-electron chi connectivity index (χ2n) is 9.29. The number of pyridine rings is 1. The standard InChI is InChI=1S/C26H33N3O7S/c1-18(2)35-26(32)36-24-13-10-21(17-28-24)25(31)29-37(33,34)22-11-8-19(9-12-22)14-15-27-23(30)16-20-6-4-3-5-7-20/h8-13,17-18,20H,3-7,14-16H2,1-2H3,(H,27,30)(H,29,31). The average molecular weight is 532 g/mol. The van der Waals surface area contributed by atoms with Gasteiger partial charge in [0.15, 0.2) is 0 Å². The molecule has 1 saturated carbocycles. The predicted molar refractivity (Wildman–Crippen MR) is 135 cm³/mol. The lowest BCUT2D eigenvalue weighted by molar-refractivity contribution is -0.122. The summed E-state index contributed by atoms with van der Waals surface area (Å²) in [6.45, 7) is 3.79. The zero-order valence-corrected chi connectivity index (χ0v) is 21.9. The number of sulfonamides is 1. The zero-order valence-electron chi connectivity index (χ0n) is 21.1. The summed E-state index contributed by atoms with van der Waals surface area (Å²) in [4.78, 5) is 39.8. The summed E-state index contributed by atoms with van der Waals surface area (Å²) in [6.07, 6.45) is 6.79. The minimum Gasteiger partial charge on any atom is -0.431 e. The molecule has 200 valence electrons. The number of carbonyl (C=O) groups excluding carboxylic acids is 3. The fourth-order valence-electron chi connectivity index (χ4n) is 4.02. The van der Waals surface area contributed by atoms with Gasteiger partial charge in [-0.05, 0) is 62.8 Å². The minimum atomic E-state index is -4.12. The van der Waals surface area contributed by atoms with E-state index >= 15 is 0 Å². The molecule has 0 spiro atoms. The van der Waals surface area contributed by atoms with E-state index in [0.717, 1.165) is 24.6 Å². The highest BCUT2D eigenvalue weighted by molar-refractivity contribution is 7.90. The maximum Gasteiger partial charge on any atom is 0.515 e. The van der Waals surface area contributed by atoms with Crippen LogP contribution in [0.2, 0.25) is 0 Å². The number of nitrogens with zero attached hydrogens (tertiary/aromatic N) is 1. The first kappa shape index (κ1) is 28.1. The summed E-state index contributed by atoms with van der Waals surface area (Å²) >= 11 is 0. The van der Waals surface area contributed by atoms with Gasteiger partial charge in [0, 0.05) is 25.2 Å². The normalized spacial score (nSPS) is 14.1. The van der Waals surface area contributed by atoms with Gasteiger partial charge in [-0.25, -0.2) is 22.9 Å². The second-order valence-corrected chi connectivity index (χ2v) is 11.0. The van der Waals surface area contributed by atoms with Gasteiger partial charge in [0.05, 0.1) is 16.6 Å². The van der Waals surface area contributed by atoms with Crippen LogP contribution in [0.5, 0.6) is 5.88 Å². The van der Waals surface area contributed by atoms with Crippen molar-refractivity contribution < 1.29 is 32.3 Å². The Morgan fingerprint density at radius 3 is 2.35 bits per heavy atom. The maximum absolute atomic E-state index is 12.6. The molecule has 0 aliphatic heterocycles. The number of benzene rings is 1. The molecule has 1 aromatic carbocycles. The van der Waals surface area contributed by atoms with Crippen LogP contribution in [-0.2, 0) is 26.0 Å². The van der Waals surface area contributed by atoms with Crippen LogP contribution in [0.3, 0.4) is 0 Å². The van der Waals surface area contributed by atoms with Crippen LogP contribution in [0, 0.1) is 5.92 Å². The van der Waals surface area contributed by atoms with Crippen LogP contribution in [0.4, 0.5) is 4.79 Å². The van der Waals surface area contributed by atoms with Gasteiger partial charge in [-0.2, -0.15) is 0 Å². The van der Waals surface area contributed by atoms with Crippen LogP contribution in [0.25, 0.3) is 0 Å². The van der Waals surface area contributed by atoms with Crippen molar-refractivity contribution in [2.45, 2.75) is 69.8 Å². The van der Waals surface area contributed by atoms with E-state index in [-0.39, 0.29) is 28.4 Å². The van der Waals surface area contributed by atoms with Crippen molar-refractivity contribution in [3.8, 4) is 5.88 Å². The molecular weight excluding hydrogens is 498 g/mol. The molecule has 10 nitrogen and oxygen atoms in total. The number of nitrogens with one attached hydrogen (secondary N) is 2. The lowest BCUT2D eigenvalue weighted by Crippen LogP contribution is -2.30. The van der Waals surface area contributed by atoms with Crippen LogP contribution in [0.15, 0.2) is 47.5 Å². The molecule has 2 aromatic rings. The monoisotopic (exact) mass is 531 g/mol. The van der Waals surface area contributed by atoms with E-state index in [1.807, 2.05) is 4.72 Å². The van der Waals surface area contributed by atoms with E-state index in [1.165, 1.54) is 43.5 Å². The van der Waals surface area contributed by atoms with Gasteiger partial charge < -0.3 is 14.8 Å². The third-order valence-corrected chi connectivity index (χ3v) is 7.26. The van der Waals surface area contributed by atoms with Crippen molar-refractivity contribution in [1.82, 2.24) is 15.0 Å². The van der Waals surface area contributed by atoms with E-state index in [9.17, 15) is 22.8 Å². The molecule has 37 heavy (non-hydrogen) atoms. The van der Waals surface area contributed by atoms with E-state index in [4.69, 9.17) is 9.47 Å². The predicted octanol–water partition coefficient (Wildman–Crippen LogP) is 3.75. The molecule has 0 atom stereocenters. The molecule has 1 aliphatic rings. The van der Waals surface area contributed by atoms with Gasteiger partial charge in [0.1, 0.15) is 0 Å². The number of hydrogen-bond acceptors (Lipinski definition) is 8. The Bertz CT molecular complexity index is 1170. The van der Waals surface area contributed by atoms with E-state index in [1.54, 1.807) is 26.0 Å². The molecule has 1 fully saturated rings. The van der Waals surface area contributed by atoms with Gasteiger partial charge >= 0.3 is 6.16 Å². The Morgan fingerprint density at radius 1 is 1.03 bits per heavy atom. The summed E-state index contributed by atoms with van der Waals surface area (Å²) < 4.78 is 37.0. The third-order valence-electron chi connectivity index (χ3n) is 5.91. The Kier molecular flexibility index (Phi) is 10.0. The summed E-state index contributed by atoms with van der Waals surface area (Å²) in [5.74, 6) is -0.443. The van der Waals surface area contributed by atoms with Crippen LogP contribution in [-0.4, -0.2) is 44.0 Å². The Labute approximate surface area is 217 Å². The van der Waals surface area contributed by atoms with Crippen molar-refractivity contribution in [2.75, 3.05) is 6.54 Å². The number of carbonyl (C=O) groups is 3. The first-order chi connectivity index (χ1) is 17.6. The fourth-order valence-corrected chi connectivity index (χ4v) is 5.00. The SMILES string of the molecule is CC(C)OC(=O)Oc1ccc(C(=O)NS(=O)(=O)c2ccc(CCNC(=O)CC3CCCCC3)cc2)cn1. The molecule has 11 heteroatoms. The highest BCUT2D eigenvalue weighted by atomic mass is 32.2. The molecule has 3 rings (SSSR count). The van der Waals surface area contributed by atoms with Crippen LogP contribution < -0.4 is 14.8 Å². The van der Waals surface area contributed by atoms with Crippen molar-refractivity contribution in [3.63, 3.8) is 0 Å². The van der Waals surface area contributed by atoms with E-state index in [0.29, 0.717) is 25.3 Å². The van der Waals surface area contributed by atoms with Gasteiger partial charge in [-0.15, -0.1) is 0 Å². The third kappa shape index (κ3) is 9.16.